The second-order valence-corrected chi connectivity index (χ2v) is 10.2. The molecule has 2 aliphatic heterocycles. The summed E-state index contributed by atoms with van der Waals surface area (Å²) in [5, 5.41) is 0. The number of hydrogen-bond donors (Lipinski definition) is 0. The average Bonchev–Trinajstić information content (AvgIpc) is 2.97. The monoisotopic (exact) mass is 460 g/mol. The molecule has 2 fully saturated rings. The van der Waals surface area contributed by atoms with Crippen LogP contribution in [-0.4, -0.2) is 46.1 Å². The van der Waals surface area contributed by atoms with Crippen LogP contribution in [0.4, 0.5) is 0 Å². The molecule has 1 saturated carbocycles. The Kier molecular flexibility index (Phi) is 3.62. The van der Waals surface area contributed by atoms with Crippen molar-refractivity contribution in [3.63, 3.8) is 0 Å². The molecule has 3 rings (SSSR count). The Bertz CT molecular complexity index is 339. The summed E-state index contributed by atoms with van der Waals surface area (Å²) in [5.41, 5.74) is 0.440. The van der Waals surface area contributed by atoms with Crippen LogP contribution in [0, 0.1) is 11.3 Å². The zero-order chi connectivity index (χ0) is 12.0. The zero-order valence-corrected chi connectivity index (χ0v) is 14.8. The molecule has 0 radical (unpaired) electrons. The van der Waals surface area contributed by atoms with Gasteiger partial charge in [-0.15, -0.1) is 0 Å². The summed E-state index contributed by atoms with van der Waals surface area (Å²) in [6, 6.07) is 0.619. The summed E-state index contributed by atoms with van der Waals surface area (Å²) < 4.78 is 2.67. The first-order valence-corrected chi connectivity index (χ1v) is 13.7. The van der Waals surface area contributed by atoms with Gasteiger partial charge in [-0.05, 0) is 0 Å². The van der Waals surface area contributed by atoms with Crippen molar-refractivity contribution < 1.29 is 17.5 Å². The molecule has 0 spiro atoms. The zero-order valence-electron chi connectivity index (χ0n) is 10.5. The molecule has 0 N–H and O–H groups in total. The fourth-order valence-electron chi connectivity index (χ4n) is 2.92. The summed E-state index contributed by atoms with van der Waals surface area (Å²) in [6.45, 7) is 9.55. The van der Waals surface area contributed by atoms with Gasteiger partial charge in [0, 0.05) is 0 Å². The fraction of sp³-hybridized carbons (Fsp3) is 0.917. The molecule has 98 valence electrons. The van der Waals surface area contributed by atoms with Crippen molar-refractivity contribution in [2.45, 2.75) is 32.7 Å². The Morgan fingerprint density at radius 3 is 2.82 bits per heavy atom. The Labute approximate surface area is 124 Å². The Morgan fingerprint density at radius 2 is 2.24 bits per heavy atom. The molecule has 2 heterocycles. The van der Waals surface area contributed by atoms with E-state index in [0.29, 0.717) is 11.5 Å². The van der Waals surface area contributed by atoms with Crippen molar-refractivity contribution in [3.05, 3.63) is 0 Å². The maximum atomic E-state index is 4.83. The molecule has 1 saturated heterocycles. The van der Waals surface area contributed by atoms with Crippen molar-refractivity contribution in [1.29, 1.82) is 0 Å². The van der Waals surface area contributed by atoms with E-state index in [1.165, 1.54) is 38.3 Å². The number of amidine groups is 1. The molecule has 5 heteroatoms. The first-order chi connectivity index (χ1) is 8.12. The summed E-state index contributed by atoms with van der Waals surface area (Å²) in [6.07, 6.45) is 2.89. The van der Waals surface area contributed by atoms with Gasteiger partial charge in [0.05, 0.1) is 0 Å². The van der Waals surface area contributed by atoms with Gasteiger partial charge in [0.2, 0.25) is 0 Å². The Hall–Kier alpha value is 0.890. The third-order valence-electron chi connectivity index (χ3n) is 4.05. The molecule has 1 aliphatic carbocycles. The average molecular weight is 460 g/mol. The van der Waals surface area contributed by atoms with E-state index in [-0.39, 0.29) is 17.5 Å². The van der Waals surface area contributed by atoms with Gasteiger partial charge in [0.15, 0.2) is 0 Å². The van der Waals surface area contributed by atoms with Gasteiger partial charge in [-0.2, -0.15) is 0 Å². The van der Waals surface area contributed by atoms with Crippen LogP contribution in [-0.2, 0) is 0 Å². The molecule has 0 aromatic carbocycles. The van der Waals surface area contributed by atoms with E-state index < -0.39 is 0 Å². The van der Waals surface area contributed by atoms with Crippen molar-refractivity contribution in [2.24, 2.45) is 16.3 Å². The second kappa shape index (κ2) is 4.77. The summed E-state index contributed by atoms with van der Waals surface area (Å²) in [7, 11) is 0. The summed E-state index contributed by atoms with van der Waals surface area (Å²) in [4.78, 5) is 7.42. The molecule has 1 atom stereocenters. The minimum atomic E-state index is 0.185. The van der Waals surface area contributed by atoms with Gasteiger partial charge in [-0.25, -0.2) is 0 Å². The minimum absolute atomic E-state index is 0.185. The SMILES string of the molecule is CC1(C)CN([I-]I)C1C1=NCCN1CC1CC1. The van der Waals surface area contributed by atoms with E-state index in [1.807, 2.05) is 0 Å². The Morgan fingerprint density at radius 1 is 1.47 bits per heavy atom. The van der Waals surface area contributed by atoms with Gasteiger partial charge < -0.3 is 0 Å². The Balaban J connectivity index is 1.72. The molecule has 0 amide bonds. The molecule has 0 aromatic heterocycles. The molecule has 3 nitrogen and oxygen atoms in total. The molecule has 0 bridgehead atoms. The van der Waals surface area contributed by atoms with Crippen LogP contribution in [0.3, 0.4) is 0 Å². The van der Waals surface area contributed by atoms with Crippen LogP contribution in [0.25, 0.3) is 0 Å². The van der Waals surface area contributed by atoms with Crippen LogP contribution < -0.4 is 17.5 Å². The summed E-state index contributed by atoms with van der Waals surface area (Å²) in [5.74, 6) is 2.40. The predicted molar refractivity (Wildman–Crippen MR) is 74.9 cm³/mol. The van der Waals surface area contributed by atoms with Crippen molar-refractivity contribution in [1.82, 2.24) is 8.01 Å². The number of nitrogens with zero attached hydrogens (tertiary/aromatic N) is 3. The molecule has 0 aromatic rings. The first-order valence-electron chi connectivity index (χ1n) is 6.44. The van der Waals surface area contributed by atoms with Crippen LogP contribution in [0.1, 0.15) is 26.7 Å². The van der Waals surface area contributed by atoms with E-state index in [1.54, 1.807) is 0 Å². The third-order valence-corrected chi connectivity index (χ3v) is 8.56. The molecule has 17 heavy (non-hydrogen) atoms. The van der Waals surface area contributed by atoms with Crippen LogP contribution in [0.15, 0.2) is 4.99 Å². The molecule has 1 unspecified atom stereocenters. The van der Waals surface area contributed by atoms with E-state index in [4.69, 9.17) is 4.99 Å². The number of halogens is 2. The van der Waals surface area contributed by atoms with Crippen LogP contribution in [0.5, 0.6) is 0 Å². The normalized spacial score (nSPS) is 32.8. The van der Waals surface area contributed by atoms with Gasteiger partial charge in [0.1, 0.15) is 0 Å². The third kappa shape index (κ3) is 2.48. The van der Waals surface area contributed by atoms with Crippen molar-refractivity contribution in [2.75, 3.05) is 26.2 Å². The van der Waals surface area contributed by atoms with Crippen molar-refractivity contribution in [3.8, 4) is 0 Å². The van der Waals surface area contributed by atoms with Gasteiger partial charge >= 0.3 is 125 Å². The van der Waals surface area contributed by atoms with E-state index in [0.717, 1.165) is 12.5 Å². The molecule has 3 aliphatic rings. The van der Waals surface area contributed by atoms with Gasteiger partial charge in [-0.1, -0.05) is 0 Å². The predicted octanol–water partition coefficient (Wildman–Crippen LogP) is -0.825. The molecular formula is C12H20I2N3-. The number of aliphatic imine (C=N–C) groups is 1. The summed E-state index contributed by atoms with van der Waals surface area (Å²) >= 11 is 2.77. The number of rotatable bonds is 4. The van der Waals surface area contributed by atoms with Crippen molar-refractivity contribution >= 4 is 24.5 Å². The standard InChI is InChI=1S/C12H20I2N3/c1-12(2)8-17(14-13)10(12)11-15-5-6-16(11)7-9-3-4-9/h9-10H,3-8H2,1-2H3/q-1. The first kappa shape index (κ1) is 12.9. The second-order valence-electron chi connectivity index (χ2n) is 6.14. The van der Waals surface area contributed by atoms with E-state index in [9.17, 15) is 0 Å². The number of hydrogen-bond acceptors (Lipinski definition) is 3. The van der Waals surface area contributed by atoms with Gasteiger partial charge in [-0.3, -0.25) is 0 Å². The van der Waals surface area contributed by atoms with Crippen LogP contribution in [0.2, 0.25) is 0 Å². The van der Waals surface area contributed by atoms with E-state index in [2.05, 4.69) is 40.5 Å². The van der Waals surface area contributed by atoms with Crippen LogP contribution >= 0.6 is 18.6 Å². The topological polar surface area (TPSA) is 18.8 Å². The molecular weight excluding hydrogens is 440 g/mol. The fourth-order valence-corrected chi connectivity index (χ4v) is 7.42. The van der Waals surface area contributed by atoms with E-state index >= 15 is 0 Å². The maximum absolute atomic E-state index is 4.83. The quantitative estimate of drug-likeness (QED) is 0.404. The van der Waals surface area contributed by atoms with Gasteiger partial charge in [0.25, 0.3) is 0 Å².